The number of rotatable bonds is 8. The summed E-state index contributed by atoms with van der Waals surface area (Å²) in [6.45, 7) is 4.75. The second-order valence-corrected chi connectivity index (χ2v) is 9.66. The highest BCUT2D eigenvalue weighted by Gasteiger charge is 2.26. The molecule has 0 bridgehead atoms. The average Bonchev–Trinajstić information content (AvgIpc) is 3.17. The molecule has 0 aliphatic carbocycles. The molecular formula is C25H23Br2N3O4. The fourth-order valence-electron chi connectivity index (χ4n) is 4.10. The number of anilines is 1. The van der Waals surface area contributed by atoms with Crippen LogP contribution in [0.2, 0.25) is 0 Å². The van der Waals surface area contributed by atoms with E-state index in [2.05, 4.69) is 49.1 Å². The molecule has 0 radical (unpaired) electrons. The highest BCUT2D eigenvalue weighted by atomic mass is 79.9. The number of nitro benzene ring substituents is 1. The van der Waals surface area contributed by atoms with Gasteiger partial charge in [0.05, 0.1) is 33.9 Å². The average molecular weight is 589 g/mol. The molecule has 4 rings (SSSR count). The molecule has 4 aromatic rings. The molecule has 0 spiro atoms. The van der Waals surface area contributed by atoms with Crippen molar-refractivity contribution in [3.63, 3.8) is 0 Å². The Bertz CT molecular complexity index is 1410. The largest absolute Gasteiger partial charge is 0.462 e. The lowest BCUT2D eigenvalue weighted by molar-refractivity contribution is -0.384. The van der Waals surface area contributed by atoms with Crippen LogP contribution in [0.15, 0.2) is 51.4 Å². The molecule has 3 aromatic carbocycles. The van der Waals surface area contributed by atoms with Gasteiger partial charge in [0.25, 0.3) is 5.69 Å². The molecule has 0 fully saturated rings. The van der Waals surface area contributed by atoms with Crippen molar-refractivity contribution < 1.29 is 14.5 Å². The topological polar surface area (TPSA) is 97.3 Å². The van der Waals surface area contributed by atoms with Crippen molar-refractivity contribution in [1.29, 1.82) is 0 Å². The molecule has 0 atom stereocenters. The molecule has 0 saturated heterocycles. The predicted molar refractivity (Wildman–Crippen MR) is 143 cm³/mol. The molecular weight excluding hydrogens is 566 g/mol. The Labute approximate surface area is 213 Å². The number of benzene rings is 3. The number of nitro groups is 1. The summed E-state index contributed by atoms with van der Waals surface area (Å²) in [5.74, 6) is -0.442. The predicted octanol–water partition coefficient (Wildman–Crippen LogP) is 7.81. The zero-order valence-electron chi connectivity index (χ0n) is 18.7. The minimum Gasteiger partial charge on any atom is -0.462 e. The smallest absolute Gasteiger partial charge is 0.340 e. The lowest BCUT2D eigenvalue weighted by atomic mass is 9.95. The maximum absolute atomic E-state index is 13.2. The maximum Gasteiger partial charge on any atom is 0.340 e. The van der Waals surface area contributed by atoms with Crippen LogP contribution < -0.4 is 5.32 Å². The van der Waals surface area contributed by atoms with E-state index in [0.717, 1.165) is 32.7 Å². The number of carbonyl (C=O) groups is 1. The number of unbranched alkanes of at least 4 members (excludes halogenated alkanes) is 1. The normalized spacial score (nSPS) is 11.2. The number of nitrogens with one attached hydrogen (secondary N) is 2. The van der Waals surface area contributed by atoms with Crippen molar-refractivity contribution in [2.24, 2.45) is 0 Å². The molecule has 176 valence electrons. The number of aromatic nitrogens is 1. The van der Waals surface area contributed by atoms with Crippen molar-refractivity contribution in [3.8, 4) is 11.1 Å². The second kappa shape index (κ2) is 10.1. The molecule has 0 aliphatic heterocycles. The second-order valence-electron chi connectivity index (χ2n) is 7.83. The van der Waals surface area contributed by atoms with Gasteiger partial charge in [0.1, 0.15) is 0 Å². The summed E-state index contributed by atoms with van der Waals surface area (Å²) in [6, 6.07) is 12.4. The third-order valence-corrected chi connectivity index (χ3v) is 6.60. The summed E-state index contributed by atoms with van der Waals surface area (Å²) in [7, 11) is 0. The Morgan fingerprint density at radius 2 is 1.82 bits per heavy atom. The van der Waals surface area contributed by atoms with Crippen LogP contribution in [0.1, 0.15) is 37.0 Å². The highest BCUT2D eigenvalue weighted by molar-refractivity contribution is 9.10. The Hall–Kier alpha value is -2.91. The standard InChI is InChI=1S/C25H23Br2N3O4/c1-3-5-10-28-20-13-17(16-11-15(27)7-9-21(16)30(32)33)24-22(23(20)25(31)34-4-2)18-12-14(26)6-8-19(18)29-24/h6-9,11-13,28-29H,3-5,10H2,1-2H3. The van der Waals surface area contributed by atoms with Crippen LogP contribution >= 0.6 is 31.9 Å². The van der Waals surface area contributed by atoms with Gasteiger partial charge in [-0.1, -0.05) is 45.2 Å². The molecule has 9 heteroatoms. The van der Waals surface area contributed by atoms with Gasteiger partial charge in [-0.05, 0) is 49.7 Å². The third-order valence-electron chi connectivity index (χ3n) is 5.61. The van der Waals surface area contributed by atoms with E-state index in [1.807, 2.05) is 24.3 Å². The van der Waals surface area contributed by atoms with Crippen LogP contribution in [0.3, 0.4) is 0 Å². The van der Waals surface area contributed by atoms with E-state index in [1.165, 1.54) is 6.07 Å². The molecule has 1 aromatic heterocycles. The van der Waals surface area contributed by atoms with Crippen molar-refractivity contribution in [1.82, 2.24) is 4.98 Å². The molecule has 7 nitrogen and oxygen atoms in total. The van der Waals surface area contributed by atoms with Gasteiger partial charge in [0, 0.05) is 43.4 Å². The van der Waals surface area contributed by atoms with Gasteiger partial charge >= 0.3 is 5.97 Å². The van der Waals surface area contributed by atoms with Gasteiger partial charge in [-0.15, -0.1) is 0 Å². The number of ether oxygens (including phenoxy) is 1. The summed E-state index contributed by atoms with van der Waals surface area (Å²) in [6.07, 6.45) is 1.89. The fraction of sp³-hybridized carbons (Fsp3) is 0.240. The number of fused-ring (bicyclic) bond motifs is 3. The van der Waals surface area contributed by atoms with E-state index in [-0.39, 0.29) is 12.3 Å². The van der Waals surface area contributed by atoms with Crippen LogP contribution in [0.25, 0.3) is 32.9 Å². The van der Waals surface area contributed by atoms with E-state index < -0.39 is 10.9 Å². The summed E-state index contributed by atoms with van der Waals surface area (Å²) in [5.41, 5.74) is 3.51. The maximum atomic E-state index is 13.2. The number of H-pyrrole nitrogens is 1. The van der Waals surface area contributed by atoms with E-state index in [0.29, 0.717) is 39.8 Å². The van der Waals surface area contributed by atoms with Gasteiger partial charge in [0.2, 0.25) is 0 Å². The van der Waals surface area contributed by atoms with Crippen LogP contribution in [0, 0.1) is 10.1 Å². The lowest BCUT2D eigenvalue weighted by Crippen LogP contribution is -2.12. The van der Waals surface area contributed by atoms with Crippen LogP contribution in [0.5, 0.6) is 0 Å². The monoisotopic (exact) mass is 587 g/mol. The van der Waals surface area contributed by atoms with Crippen molar-refractivity contribution >= 4 is 71.0 Å². The van der Waals surface area contributed by atoms with E-state index >= 15 is 0 Å². The number of carbonyl (C=O) groups excluding carboxylic acids is 1. The van der Waals surface area contributed by atoms with Gasteiger partial charge in [0.15, 0.2) is 0 Å². The van der Waals surface area contributed by atoms with E-state index in [1.54, 1.807) is 19.1 Å². The van der Waals surface area contributed by atoms with Gasteiger partial charge in [-0.3, -0.25) is 10.1 Å². The minimum absolute atomic E-state index is 0.0206. The Kier molecular flexibility index (Phi) is 7.23. The highest BCUT2D eigenvalue weighted by Crippen LogP contribution is 2.43. The Balaban J connectivity index is 2.15. The zero-order valence-corrected chi connectivity index (χ0v) is 21.9. The molecule has 34 heavy (non-hydrogen) atoms. The first-order valence-electron chi connectivity index (χ1n) is 11.0. The number of halogens is 2. The van der Waals surface area contributed by atoms with E-state index in [4.69, 9.17) is 4.74 Å². The summed E-state index contributed by atoms with van der Waals surface area (Å²) in [4.78, 5) is 28.1. The zero-order chi connectivity index (χ0) is 24.4. The van der Waals surface area contributed by atoms with Crippen molar-refractivity contribution in [3.05, 3.63) is 67.1 Å². The first kappa shape index (κ1) is 24.2. The molecule has 2 N–H and O–H groups in total. The number of hydrogen-bond acceptors (Lipinski definition) is 5. The number of esters is 1. The fourth-order valence-corrected chi connectivity index (χ4v) is 4.82. The van der Waals surface area contributed by atoms with Crippen LogP contribution in [-0.2, 0) is 4.74 Å². The van der Waals surface area contributed by atoms with Gasteiger partial charge < -0.3 is 15.0 Å². The Morgan fingerprint density at radius 1 is 1.09 bits per heavy atom. The summed E-state index contributed by atoms with van der Waals surface area (Å²) < 4.78 is 7.01. The van der Waals surface area contributed by atoms with Gasteiger partial charge in [-0.25, -0.2) is 4.79 Å². The number of aromatic amines is 1. The third kappa shape index (κ3) is 4.54. The van der Waals surface area contributed by atoms with E-state index in [9.17, 15) is 14.9 Å². The first-order chi connectivity index (χ1) is 16.3. The molecule has 0 amide bonds. The van der Waals surface area contributed by atoms with Gasteiger partial charge in [-0.2, -0.15) is 0 Å². The van der Waals surface area contributed by atoms with Crippen molar-refractivity contribution in [2.75, 3.05) is 18.5 Å². The quantitative estimate of drug-likeness (QED) is 0.0946. The summed E-state index contributed by atoms with van der Waals surface area (Å²) >= 11 is 6.98. The van der Waals surface area contributed by atoms with Crippen molar-refractivity contribution in [2.45, 2.75) is 26.7 Å². The SMILES string of the molecule is CCCCNc1cc(-c2cc(Br)ccc2[N+](=O)[O-])c2[nH]c3ccc(Br)cc3c2c1C(=O)OCC. The molecule has 0 aliphatic rings. The molecule has 1 heterocycles. The summed E-state index contributed by atoms with van der Waals surface area (Å²) in [5, 5.41) is 16.8. The first-order valence-corrected chi connectivity index (χ1v) is 12.6. The Morgan fingerprint density at radius 3 is 2.53 bits per heavy atom. The number of nitrogens with zero attached hydrogens (tertiary/aromatic N) is 1. The minimum atomic E-state index is -0.442. The molecule has 0 saturated carbocycles. The van der Waals surface area contributed by atoms with Crippen LogP contribution in [-0.4, -0.2) is 29.0 Å². The molecule has 0 unspecified atom stereocenters. The number of hydrogen-bond donors (Lipinski definition) is 2. The lowest BCUT2D eigenvalue weighted by Gasteiger charge is -2.16. The van der Waals surface area contributed by atoms with Crippen LogP contribution in [0.4, 0.5) is 11.4 Å².